The molecule has 0 N–H and O–H groups in total. The Hall–Kier alpha value is -1.84. The van der Waals surface area contributed by atoms with Crippen LogP contribution in [0, 0.1) is 5.82 Å². The van der Waals surface area contributed by atoms with Gasteiger partial charge >= 0.3 is 0 Å². The predicted octanol–water partition coefficient (Wildman–Crippen LogP) is 5.11. The number of carbonyl (C=O) groups is 1. The van der Waals surface area contributed by atoms with Crippen LogP contribution in [0.4, 0.5) is 4.39 Å². The van der Waals surface area contributed by atoms with E-state index in [1.54, 1.807) is 24.3 Å². The van der Waals surface area contributed by atoms with Crippen LogP contribution in [0.15, 0.2) is 46.9 Å². The summed E-state index contributed by atoms with van der Waals surface area (Å²) < 4.78 is 18.5. The lowest BCUT2D eigenvalue weighted by atomic mass is 10.1. The number of benzene rings is 2. The van der Waals surface area contributed by atoms with Crippen LogP contribution < -0.4 is 0 Å². The van der Waals surface area contributed by atoms with E-state index in [2.05, 4.69) is 0 Å². The highest BCUT2D eigenvalue weighted by Crippen LogP contribution is 2.26. The Labute approximate surface area is 123 Å². The number of hydrogen-bond acceptors (Lipinski definition) is 2. The van der Waals surface area contributed by atoms with E-state index >= 15 is 0 Å². The quantitative estimate of drug-likeness (QED) is 0.616. The fourth-order valence-electron chi connectivity index (χ4n) is 1.93. The Kier molecular flexibility index (Phi) is 3.24. The van der Waals surface area contributed by atoms with Gasteiger partial charge in [0.15, 0.2) is 5.76 Å². The normalized spacial score (nSPS) is 10.9. The van der Waals surface area contributed by atoms with Gasteiger partial charge in [-0.1, -0.05) is 23.2 Å². The molecule has 0 saturated heterocycles. The van der Waals surface area contributed by atoms with Gasteiger partial charge in [0.1, 0.15) is 11.4 Å². The van der Waals surface area contributed by atoms with Gasteiger partial charge in [-0.3, -0.25) is 4.79 Å². The molecule has 2 aromatic carbocycles. The molecule has 3 rings (SSSR count). The Morgan fingerprint density at radius 3 is 2.60 bits per heavy atom. The molecule has 2 nitrogen and oxygen atoms in total. The average molecular weight is 309 g/mol. The number of hydrogen-bond donors (Lipinski definition) is 0. The first-order valence-electron chi connectivity index (χ1n) is 5.73. The second kappa shape index (κ2) is 4.93. The summed E-state index contributed by atoms with van der Waals surface area (Å²) in [5, 5.41) is 1.32. The van der Waals surface area contributed by atoms with E-state index in [9.17, 15) is 9.18 Å². The van der Waals surface area contributed by atoms with E-state index in [4.69, 9.17) is 27.6 Å². The molecular formula is C15H7Cl2FO2. The molecule has 1 heterocycles. The van der Waals surface area contributed by atoms with Gasteiger partial charge in [0, 0.05) is 16.0 Å². The SMILES string of the molecule is O=C(c1cc2cc(Cl)ccc2o1)c1ccc(F)cc1Cl. The summed E-state index contributed by atoms with van der Waals surface area (Å²) in [5.74, 6) is -0.763. The third-order valence-corrected chi connectivity index (χ3v) is 3.43. The van der Waals surface area contributed by atoms with Crippen molar-refractivity contribution in [2.24, 2.45) is 0 Å². The first-order chi connectivity index (χ1) is 9.54. The van der Waals surface area contributed by atoms with Crippen molar-refractivity contribution in [2.45, 2.75) is 0 Å². The largest absolute Gasteiger partial charge is 0.453 e. The van der Waals surface area contributed by atoms with Crippen molar-refractivity contribution in [3.05, 3.63) is 69.7 Å². The number of halogens is 3. The van der Waals surface area contributed by atoms with Crippen molar-refractivity contribution in [3.63, 3.8) is 0 Å². The van der Waals surface area contributed by atoms with Crippen LogP contribution in [0.1, 0.15) is 16.1 Å². The molecule has 0 atom stereocenters. The first-order valence-corrected chi connectivity index (χ1v) is 6.49. The fourth-order valence-corrected chi connectivity index (χ4v) is 2.37. The minimum atomic E-state index is -0.497. The van der Waals surface area contributed by atoms with Gasteiger partial charge in [-0.2, -0.15) is 0 Å². The first kappa shape index (κ1) is 13.2. The Morgan fingerprint density at radius 2 is 1.85 bits per heavy atom. The van der Waals surface area contributed by atoms with Crippen molar-refractivity contribution in [3.8, 4) is 0 Å². The van der Waals surface area contributed by atoms with Crippen molar-refractivity contribution in [2.75, 3.05) is 0 Å². The molecule has 1 aromatic heterocycles. The summed E-state index contributed by atoms with van der Waals surface area (Å²) in [4.78, 5) is 12.3. The Bertz CT molecular complexity index is 824. The highest BCUT2D eigenvalue weighted by Gasteiger charge is 2.17. The second-order valence-corrected chi connectivity index (χ2v) is 5.09. The summed E-state index contributed by atoms with van der Waals surface area (Å²) in [6.45, 7) is 0. The minimum absolute atomic E-state index is 0.0495. The number of rotatable bonds is 2. The smallest absolute Gasteiger partial charge is 0.229 e. The number of carbonyl (C=O) groups excluding carboxylic acids is 1. The van der Waals surface area contributed by atoms with Gasteiger partial charge in [0.2, 0.25) is 5.78 Å². The molecule has 100 valence electrons. The highest BCUT2D eigenvalue weighted by molar-refractivity contribution is 6.35. The van der Waals surface area contributed by atoms with Gasteiger partial charge in [-0.15, -0.1) is 0 Å². The van der Waals surface area contributed by atoms with Crippen LogP contribution in [0.2, 0.25) is 10.0 Å². The highest BCUT2D eigenvalue weighted by atomic mass is 35.5. The molecule has 0 aliphatic carbocycles. The van der Waals surface area contributed by atoms with Gasteiger partial charge in [0.25, 0.3) is 0 Å². The standard InChI is InChI=1S/C15H7Cl2FO2/c16-9-1-4-13-8(5-9)6-14(20-13)15(19)11-3-2-10(18)7-12(11)17/h1-7H. The van der Waals surface area contributed by atoms with E-state index < -0.39 is 11.6 Å². The molecule has 0 saturated carbocycles. The molecular weight excluding hydrogens is 302 g/mol. The predicted molar refractivity (Wildman–Crippen MR) is 76.1 cm³/mol. The van der Waals surface area contributed by atoms with Crippen LogP contribution >= 0.6 is 23.2 Å². The second-order valence-electron chi connectivity index (χ2n) is 4.25. The van der Waals surface area contributed by atoms with Crippen LogP contribution in [0.5, 0.6) is 0 Å². The lowest BCUT2D eigenvalue weighted by molar-refractivity contribution is 0.101. The van der Waals surface area contributed by atoms with Gasteiger partial charge in [-0.05, 0) is 42.5 Å². The van der Waals surface area contributed by atoms with E-state index in [1.165, 1.54) is 12.1 Å². The van der Waals surface area contributed by atoms with E-state index in [-0.39, 0.29) is 16.3 Å². The molecule has 0 fully saturated rings. The number of ketones is 1. The zero-order chi connectivity index (χ0) is 14.3. The molecule has 0 amide bonds. The van der Waals surface area contributed by atoms with Crippen molar-refractivity contribution in [1.82, 2.24) is 0 Å². The molecule has 3 aromatic rings. The molecule has 20 heavy (non-hydrogen) atoms. The maximum Gasteiger partial charge on any atom is 0.229 e. The van der Waals surface area contributed by atoms with Crippen LogP contribution in [-0.4, -0.2) is 5.78 Å². The monoisotopic (exact) mass is 308 g/mol. The average Bonchev–Trinajstić information content (AvgIpc) is 2.81. The molecule has 0 radical (unpaired) electrons. The lowest BCUT2D eigenvalue weighted by Gasteiger charge is -2.00. The summed E-state index contributed by atoms with van der Waals surface area (Å²) in [6, 6.07) is 10.2. The summed E-state index contributed by atoms with van der Waals surface area (Å²) in [5.41, 5.74) is 0.745. The van der Waals surface area contributed by atoms with Crippen molar-refractivity contribution in [1.29, 1.82) is 0 Å². The summed E-state index contributed by atoms with van der Waals surface area (Å²) in [6.07, 6.45) is 0. The topological polar surface area (TPSA) is 30.2 Å². The van der Waals surface area contributed by atoms with Crippen LogP contribution in [0.3, 0.4) is 0 Å². The van der Waals surface area contributed by atoms with Crippen LogP contribution in [-0.2, 0) is 0 Å². The molecule has 0 spiro atoms. The lowest BCUT2D eigenvalue weighted by Crippen LogP contribution is -2.00. The van der Waals surface area contributed by atoms with E-state index in [1.807, 2.05) is 0 Å². The maximum atomic E-state index is 13.0. The number of fused-ring (bicyclic) bond motifs is 1. The van der Waals surface area contributed by atoms with Gasteiger partial charge in [-0.25, -0.2) is 4.39 Å². The molecule has 0 bridgehead atoms. The minimum Gasteiger partial charge on any atom is -0.453 e. The van der Waals surface area contributed by atoms with E-state index in [0.717, 1.165) is 11.5 Å². The Balaban J connectivity index is 2.08. The van der Waals surface area contributed by atoms with Gasteiger partial charge in [0.05, 0.1) is 5.02 Å². The molecule has 5 heteroatoms. The molecule has 0 aliphatic rings. The third kappa shape index (κ3) is 2.30. The zero-order valence-corrected chi connectivity index (χ0v) is 11.5. The molecule has 0 aliphatic heterocycles. The van der Waals surface area contributed by atoms with E-state index in [0.29, 0.717) is 10.6 Å². The summed E-state index contributed by atoms with van der Waals surface area (Å²) >= 11 is 11.8. The summed E-state index contributed by atoms with van der Waals surface area (Å²) in [7, 11) is 0. The fraction of sp³-hybridized carbons (Fsp3) is 0. The maximum absolute atomic E-state index is 13.0. The number of furan rings is 1. The Morgan fingerprint density at radius 1 is 1.05 bits per heavy atom. The van der Waals surface area contributed by atoms with Crippen molar-refractivity contribution >= 4 is 40.0 Å². The third-order valence-electron chi connectivity index (χ3n) is 2.88. The zero-order valence-electron chi connectivity index (χ0n) is 9.99. The van der Waals surface area contributed by atoms with Crippen LogP contribution in [0.25, 0.3) is 11.0 Å². The molecule has 0 unspecified atom stereocenters. The van der Waals surface area contributed by atoms with Gasteiger partial charge < -0.3 is 4.42 Å². The van der Waals surface area contributed by atoms with Crippen molar-refractivity contribution < 1.29 is 13.6 Å².